The van der Waals surface area contributed by atoms with Crippen molar-refractivity contribution in [3.8, 4) is 0 Å². The van der Waals surface area contributed by atoms with Crippen LogP contribution in [0.4, 0.5) is 0 Å². The van der Waals surface area contributed by atoms with Crippen molar-refractivity contribution in [2.75, 3.05) is 13.3 Å². The first-order chi connectivity index (χ1) is 16.5. The zero-order valence-electron chi connectivity index (χ0n) is 20.2. The van der Waals surface area contributed by atoms with Gasteiger partial charge in [-0.1, -0.05) is 48.2 Å². The van der Waals surface area contributed by atoms with E-state index >= 15 is 0 Å². The number of allylic oxidation sites excluding steroid dienone is 9. The molecule has 0 N–H and O–H groups in total. The molecule has 1 atom stereocenters. The van der Waals surface area contributed by atoms with Crippen LogP contribution in [0.3, 0.4) is 0 Å². The third kappa shape index (κ3) is 3.61. The van der Waals surface area contributed by atoms with Gasteiger partial charge >= 0.3 is 0 Å². The molecule has 0 radical (unpaired) electrons. The van der Waals surface area contributed by atoms with Gasteiger partial charge in [0.1, 0.15) is 5.76 Å². The van der Waals surface area contributed by atoms with Gasteiger partial charge in [-0.3, -0.25) is 4.79 Å². The number of hydrogen-bond acceptors (Lipinski definition) is 5. The number of sulfone groups is 1. The monoisotopic (exact) mass is 485 g/mol. The number of rotatable bonds is 3. The molecule has 5 rings (SSSR count). The predicted molar refractivity (Wildman–Crippen MR) is 137 cm³/mol. The Morgan fingerprint density at radius 2 is 1.86 bits per heavy atom. The molecule has 5 nitrogen and oxygen atoms in total. The largest absolute Gasteiger partial charge is 0.463 e. The molecule has 178 valence electrons. The highest BCUT2D eigenvalue weighted by molar-refractivity contribution is 7.94. The maximum Gasteiger partial charge on any atom is 0.212 e. The van der Waals surface area contributed by atoms with E-state index in [4.69, 9.17) is 4.74 Å². The van der Waals surface area contributed by atoms with Gasteiger partial charge in [-0.2, -0.15) is 0 Å². The highest BCUT2D eigenvalue weighted by atomic mass is 32.2. The normalized spacial score (nSPS) is 24.5. The van der Waals surface area contributed by atoms with Crippen molar-refractivity contribution in [2.45, 2.75) is 26.0 Å². The van der Waals surface area contributed by atoms with Gasteiger partial charge in [0, 0.05) is 30.0 Å². The molecule has 0 aromatic heterocycles. The fraction of sp³-hybridized carbons (Fsp3) is 0.241. The molecule has 1 fully saturated rings. The molecule has 0 saturated carbocycles. The van der Waals surface area contributed by atoms with Crippen molar-refractivity contribution in [3.63, 3.8) is 0 Å². The zero-order chi connectivity index (χ0) is 25.0. The third-order valence-electron chi connectivity index (χ3n) is 7.15. The second-order valence-corrected chi connectivity index (χ2v) is 11.7. The maximum absolute atomic E-state index is 13.2. The molecule has 2 aliphatic heterocycles. The van der Waals surface area contributed by atoms with Crippen LogP contribution in [0, 0.1) is 5.41 Å². The molecule has 1 spiro atoms. The van der Waals surface area contributed by atoms with Crippen LogP contribution in [0.15, 0.2) is 118 Å². The number of ketones is 1. The lowest BCUT2D eigenvalue weighted by molar-refractivity contribution is -0.0992. The molecular formula is C29H27NO4S. The molecule has 0 bridgehead atoms. The van der Waals surface area contributed by atoms with E-state index in [-0.39, 0.29) is 10.7 Å². The Kier molecular flexibility index (Phi) is 5.28. The van der Waals surface area contributed by atoms with Crippen LogP contribution in [0.25, 0.3) is 0 Å². The third-order valence-corrected chi connectivity index (χ3v) is 8.26. The number of benzene rings is 1. The molecule has 35 heavy (non-hydrogen) atoms. The Morgan fingerprint density at radius 3 is 2.57 bits per heavy atom. The number of carbonyl (C=O) groups is 1. The van der Waals surface area contributed by atoms with Crippen molar-refractivity contribution in [1.82, 2.24) is 4.90 Å². The maximum atomic E-state index is 13.2. The summed E-state index contributed by atoms with van der Waals surface area (Å²) in [5, 5.41) is 0. The number of ether oxygens (including phenoxy) is 1. The van der Waals surface area contributed by atoms with Gasteiger partial charge in [0.2, 0.25) is 5.72 Å². The summed E-state index contributed by atoms with van der Waals surface area (Å²) in [5.41, 5.74) is 5.46. The lowest BCUT2D eigenvalue weighted by Crippen LogP contribution is -2.51. The van der Waals surface area contributed by atoms with Crippen LogP contribution < -0.4 is 0 Å². The Morgan fingerprint density at radius 1 is 1.11 bits per heavy atom. The van der Waals surface area contributed by atoms with Gasteiger partial charge in [0.15, 0.2) is 15.6 Å². The molecule has 4 aliphatic rings. The lowest BCUT2D eigenvalue weighted by atomic mass is 9.76. The fourth-order valence-electron chi connectivity index (χ4n) is 5.08. The Hall–Kier alpha value is -3.60. The predicted octanol–water partition coefficient (Wildman–Crippen LogP) is 5.17. The smallest absolute Gasteiger partial charge is 0.212 e. The summed E-state index contributed by atoms with van der Waals surface area (Å²) in [7, 11) is -1.48. The van der Waals surface area contributed by atoms with Gasteiger partial charge in [0.25, 0.3) is 0 Å². The number of fused-ring (bicyclic) bond motifs is 1. The number of likely N-dealkylation sites (tertiary alicyclic amines) is 1. The summed E-state index contributed by atoms with van der Waals surface area (Å²) in [5.74, 6) is 0.581. The van der Waals surface area contributed by atoms with Gasteiger partial charge < -0.3 is 9.64 Å². The van der Waals surface area contributed by atoms with Crippen molar-refractivity contribution in [2.24, 2.45) is 5.41 Å². The van der Waals surface area contributed by atoms with Crippen molar-refractivity contribution >= 4 is 15.6 Å². The van der Waals surface area contributed by atoms with Crippen LogP contribution in [0.1, 0.15) is 30.6 Å². The molecule has 6 heteroatoms. The SMILES string of the molecule is CN1C2=C=CC=C(S(C)(=O)=O)C=C2C(C)(C)C12C=CC1=C(C=C(C(=O)c3ccccc3)CC=C1)O2. The minimum atomic E-state index is -3.41. The summed E-state index contributed by atoms with van der Waals surface area (Å²) in [6.45, 7) is 4.08. The Labute approximate surface area is 206 Å². The molecule has 2 aliphatic carbocycles. The summed E-state index contributed by atoms with van der Waals surface area (Å²) in [6, 6.07) is 9.23. The Balaban J connectivity index is 1.58. The van der Waals surface area contributed by atoms with E-state index in [9.17, 15) is 13.2 Å². The lowest BCUT2D eigenvalue weighted by Gasteiger charge is -2.45. The molecule has 1 aromatic rings. The number of nitrogens with zero attached hydrogens (tertiary/aromatic N) is 1. The summed E-state index contributed by atoms with van der Waals surface area (Å²) >= 11 is 0. The molecular weight excluding hydrogens is 458 g/mol. The molecule has 0 amide bonds. The summed E-state index contributed by atoms with van der Waals surface area (Å²) in [4.78, 5) is 15.4. The first-order valence-electron chi connectivity index (χ1n) is 11.5. The van der Waals surface area contributed by atoms with E-state index in [1.807, 2.05) is 86.5 Å². The van der Waals surface area contributed by atoms with E-state index in [0.29, 0.717) is 23.3 Å². The van der Waals surface area contributed by atoms with Crippen molar-refractivity contribution in [1.29, 1.82) is 0 Å². The number of carbonyl (C=O) groups excluding carboxylic acids is 1. The van der Waals surface area contributed by atoms with Gasteiger partial charge in [-0.05, 0) is 62.3 Å². The van der Waals surface area contributed by atoms with Gasteiger partial charge in [-0.15, -0.1) is 0 Å². The second kappa shape index (κ2) is 7.98. The van der Waals surface area contributed by atoms with Crippen LogP contribution >= 0.6 is 0 Å². The van der Waals surface area contributed by atoms with E-state index < -0.39 is 21.0 Å². The standard InChI is InChI=1S/C29H27NO4S/c1-28(2)24-19-23(35(4,32)33)14-9-15-25(24)30(3)29(28)17-16-20-12-8-13-22(18-26(20)34-29)27(31)21-10-6-5-7-11-21/h5-12,14,16-19H,13H2,1-4H3. The highest BCUT2D eigenvalue weighted by Gasteiger charge is 2.60. The van der Waals surface area contributed by atoms with Crippen LogP contribution in [-0.2, 0) is 14.6 Å². The van der Waals surface area contributed by atoms with Crippen LogP contribution in [-0.4, -0.2) is 38.1 Å². The van der Waals surface area contributed by atoms with E-state index in [1.165, 1.54) is 6.26 Å². The first-order valence-corrected chi connectivity index (χ1v) is 13.4. The van der Waals surface area contributed by atoms with Gasteiger partial charge in [-0.25, -0.2) is 8.42 Å². The minimum absolute atomic E-state index is 0.0309. The molecule has 1 saturated heterocycles. The average molecular weight is 486 g/mol. The number of Topliss-reactive ketones (excluding diaryl/α,β-unsaturated/α-hetero) is 1. The number of hydrogen-bond donors (Lipinski definition) is 0. The van der Waals surface area contributed by atoms with Crippen molar-refractivity contribution in [3.05, 3.63) is 123 Å². The minimum Gasteiger partial charge on any atom is -0.463 e. The first kappa shape index (κ1) is 23.2. The van der Waals surface area contributed by atoms with Crippen LogP contribution in [0.5, 0.6) is 0 Å². The van der Waals surface area contributed by atoms with E-state index in [0.717, 1.165) is 16.8 Å². The number of likely N-dealkylation sites (N-methyl/N-ethyl adjacent to an activating group) is 1. The summed E-state index contributed by atoms with van der Waals surface area (Å²) < 4.78 is 31.5. The fourth-order valence-corrected chi connectivity index (χ4v) is 5.72. The second-order valence-electron chi connectivity index (χ2n) is 9.67. The van der Waals surface area contributed by atoms with E-state index in [2.05, 4.69) is 5.73 Å². The highest BCUT2D eigenvalue weighted by Crippen LogP contribution is 2.57. The topological polar surface area (TPSA) is 63.7 Å². The van der Waals surface area contributed by atoms with E-state index in [1.54, 1.807) is 18.2 Å². The molecule has 1 unspecified atom stereocenters. The Bertz CT molecular complexity index is 1490. The van der Waals surface area contributed by atoms with Crippen molar-refractivity contribution < 1.29 is 17.9 Å². The summed E-state index contributed by atoms with van der Waals surface area (Å²) in [6.07, 6.45) is 16.5. The molecule has 2 heterocycles. The zero-order valence-corrected chi connectivity index (χ0v) is 21.0. The van der Waals surface area contributed by atoms with Gasteiger partial charge in [0.05, 0.1) is 16.0 Å². The molecule has 1 aromatic carbocycles. The average Bonchev–Trinajstić information content (AvgIpc) is 3.12. The quantitative estimate of drug-likeness (QED) is 0.437. The van der Waals surface area contributed by atoms with Crippen LogP contribution in [0.2, 0.25) is 0 Å².